The summed E-state index contributed by atoms with van der Waals surface area (Å²) < 4.78 is 35.7. The topological polar surface area (TPSA) is 140 Å². The number of thiazole rings is 1. The molecule has 0 fully saturated rings. The van der Waals surface area contributed by atoms with Crippen LogP contribution in [0.15, 0.2) is 53.4 Å². The fourth-order valence-electron chi connectivity index (χ4n) is 2.15. The number of carbonyl (C=O) groups excluding carboxylic acids is 1. The molecule has 0 spiro atoms. The molecule has 11 heteroatoms. The van der Waals surface area contributed by atoms with Crippen molar-refractivity contribution in [1.29, 1.82) is 0 Å². The predicted molar refractivity (Wildman–Crippen MR) is 102 cm³/mol. The monoisotopic (exact) mass is 407 g/mol. The lowest BCUT2D eigenvalue weighted by molar-refractivity contribution is 0.103. The third-order valence-corrected chi connectivity index (χ3v) is 5.29. The molecule has 0 aliphatic rings. The number of nitrogens with one attached hydrogen (secondary N) is 2. The molecule has 1 amide bonds. The van der Waals surface area contributed by atoms with Crippen LogP contribution >= 0.6 is 11.3 Å². The number of rotatable bonds is 5. The van der Waals surface area contributed by atoms with E-state index >= 15 is 0 Å². The first kappa shape index (κ1) is 18.8. The van der Waals surface area contributed by atoms with Crippen molar-refractivity contribution in [2.75, 3.05) is 16.4 Å². The largest absolute Gasteiger partial charge is 0.382 e. The zero-order chi connectivity index (χ0) is 19.6. The van der Waals surface area contributed by atoms with Gasteiger partial charge in [-0.25, -0.2) is 22.9 Å². The van der Waals surface area contributed by atoms with E-state index in [0.29, 0.717) is 16.5 Å². The number of nitrogens with two attached hydrogens (primary N) is 2. The lowest BCUT2D eigenvalue weighted by Crippen LogP contribution is -2.12. The third-order valence-electron chi connectivity index (χ3n) is 3.38. The molecule has 1 heterocycles. The molecule has 0 saturated carbocycles. The van der Waals surface area contributed by atoms with E-state index in [1.54, 1.807) is 6.07 Å². The van der Waals surface area contributed by atoms with Crippen molar-refractivity contribution in [2.45, 2.75) is 4.90 Å². The maximum absolute atomic E-state index is 13.2. The molecule has 8 nitrogen and oxygen atoms in total. The summed E-state index contributed by atoms with van der Waals surface area (Å²) in [6, 6.07) is 11.1. The SMILES string of the molecule is Nc1nc(Nc2ccc(S(N)(=O)=O)cc2)sc1C(=O)Nc1cccc(F)c1. The number of carbonyl (C=O) groups is 1. The van der Waals surface area contributed by atoms with E-state index in [2.05, 4.69) is 15.6 Å². The van der Waals surface area contributed by atoms with Crippen LogP contribution in [0, 0.1) is 5.82 Å². The van der Waals surface area contributed by atoms with E-state index < -0.39 is 21.7 Å². The average Bonchev–Trinajstić information content (AvgIpc) is 2.95. The van der Waals surface area contributed by atoms with Gasteiger partial charge >= 0.3 is 0 Å². The minimum absolute atomic E-state index is 0.0116. The number of sulfonamides is 1. The smallest absolute Gasteiger partial charge is 0.269 e. The second kappa shape index (κ2) is 7.31. The van der Waals surface area contributed by atoms with E-state index in [4.69, 9.17) is 10.9 Å². The van der Waals surface area contributed by atoms with Crippen LogP contribution < -0.4 is 21.5 Å². The average molecular weight is 407 g/mol. The molecule has 2 aromatic carbocycles. The van der Waals surface area contributed by atoms with Gasteiger partial charge in [-0.1, -0.05) is 17.4 Å². The van der Waals surface area contributed by atoms with Crippen LogP contribution in [0.4, 0.5) is 26.7 Å². The van der Waals surface area contributed by atoms with Gasteiger partial charge in [0.2, 0.25) is 10.0 Å². The third kappa shape index (κ3) is 4.58. The fourth-order valence-corrected chi connectivity index (χ4v) is 3.47. The lowest BCUT2D eigenvalue weighted by atomic mass is 10.3. The lowest BCUT2D eigenvalue weighted by Gasteiger charge is -2.04. The minimum Gasteiger partial charge on any atom is -0.382 e. The second-order valence-electron chi connectivity index (χ2n) is 5.39. The number of nitrogens with zero attached hydrogens (tertiary/aromatic N) is 1. The van der Waals surface area contributed by atoms with Crippen molar-refractivity contribution < 1.29 is 17.6 Å². The Morgan fingerprint density at radius 1 is 1.11 bits per heavy atom. The molecule has 1 aromatic heterocycles. The Labute approximate surface area is 158 Å². The summed E-state index contributed by atoms with van der Waals surface area (Å²) in [5.41, 5.74) is 6.62. The molecule has 0 radical (unpaired) electrons. The molecule has 0 bridgehead atoms. The van der Waals surface area contributed by atoms with E-state index in [0.717, 1.165) is 11.3 Å². The Morgan fingerprint density at radius 2 is 1.81 bits per heavy atom. The number of benzene rings is 2. The molecule has 0 unspecified atom stereocenters. The standard InChI is InChI=1S/C16H14FN5O3S2/c17-9-2-1-3-11(8-9)20-15(23)13-14(18)22-16(26-13)21-10-4-6-12(7-5-10)27(19,24)25/h1-8H,18H2,(H,20,23)(H,21,22)(H2,19,24,25). The van der Waals surface area contributed by atoms with Crippen LogP contribution in [0.1, 0.15) is 9.67 Å². The Balaban J connectivity index is 1.75. The van der Waals surface area contributed by atoms with Crippen LogP contribution in [0.25, 0.3) is 0 Å². The van der Waals surface area contributed by atoms with Crippen LogP contribution in [0.3, 0.4) is 0 Å². The molecule has 3 aromatic rings. The number of hydrogen-bond donors (Lipinski definition) is 4. The van der Waals surface area contributed by atoms with Gasteiger partial charge in [0, 0.05) is 11.4 Å². The summed E-state index contributed by atoms with van der Waals surface area (Å²) in [6.45, 7) is 0. The second-order valence-corrected chi connectivity index (χ2v) is 7.95. The summed E-state index contributed by atoms with van der Waals surface area (Å²) >= 11 is 1.000. The number of halogens is 1. The highest BCUT2D eigenvalue weighted by molar-refractivity contribution is 7.89. The molecule has 0 saturated heterocycles. The number of primary sulfonamides is 1. The van der Waals surface area contributed by atoms with Gasteiger partial charge in [-0.15, -0.1) is 0 Å². The minimum atomic E-state index is -3.78. The molecular formula is C16H14FN5O3S2. The molecule has 6 N–H and O–H groups in total. The van der Waals surface area contributed by atoms with Crippen LogP contribution in [-0.4, -0.2) is 19.3 Å². The molecule has 140 valence electrons. The van der Waals surface area contributed by atoms with Gasteiger partial charge in [0.25, 0.3) is 5.91 Å². The fraction of sp³-hybridized carbons (Fsp3) is 0. The highest BCUT2D eigenvalue weighted by atomic mass is 32.2. The van der Waals surface area contributed by atoms with Crippen molar-refractivity contribution in [3.8, 4) is 0 Å². The van der Waals surface area contributed by atoms with Crippen molar-refractivity contribution in [1.82, 2.24) is 4.98 Å². The van der Waals surface area contributed by atoms with Crippen LogP contribution in [0.2, 0.25) is 0 Å². The van der Waals surface area contributed by atoms with Crippen molar-refractivity contribution in [3.05, 3.63) is 59.2 Å². The van der Waals surface area contributed by atoms with Crippen molar-refractivity contribution in [2.24, 2.45) is 5.14 Å². The summed E-state index contributed by atoms with van der Waals surface area (Å²) in [5, 5.41) is 10.8. The number of nitrogen functional groups attached to an aromatic ring is 1. The zero-order valence-electron chi connectivity index (χ0n) is 13.6. The maximum atomic E-state index is 13.2. The van der Waals surface area contributed by atoms with Gasteiger partial charge in [-0.2, -0.15) is 0 Å². The molecular weight excluding hydrogens is 393 g/mol. The van der Waals surface area contributed by atoms with Crippen molar-refractivity contribution >= 4 is 49.6 Å². The predicted octanol–water partition coefficient (Wildman–Crippen LogP) is 2.51. The summed E-state index contributed by atoms with van der Waals surface area (Å²) in [5.74, 6) is -0.985. The molecule has 0 atom stereocenters. The molecule has 27 heavy (non-hydrogen) atoms. The number of anilines is 4. The van der Waals surface area contributed by atoms with Gasteiger partial charge in [-0.05, 0) is 42.5 Å². The van der Waals surface area contributed by atoms with Crippen LogP contribution in [0.5, 0.6) is 0 Å². The highest BCUT2D eigenvalue weighted by Gasteiger charge is 2.17. The Morgan fingerprint density at radius 3 is 2.44 bits per heavy atom. The molecule has 0 aliphatic heterocycles. The Kier molecular flexibility index (Phi) is 5.08. The quantitative estimate of drug-likeness (QED) is 0.512. The van der Waals surface area contributed by atoms with Gasteiger partial charge in [0.15, 0.2) is 5.13 Å². The first-order chi connectivity index (χ1) is 12.7. The Hall–Kier alpha value is -3.02. The van der Waals surface area contributed by atoms with Gasteiger partial charge < -0.3 is 16.4 Å². The molecule has 3 rings (SSSR count). The summed E-state index contributed by atoms with van der Waals surface area (Å²) in [4.78, 5) is 16.5. The Bertz CT molecular complexity index is 1100. The van der Waals surface area contributed by atoms with Gasteiger partial charge in [-0.3, -0.25) is 4.79 Å². The van der Waals surface area contributed by atoms with E-state index in [1.165, 1.54) is 42.5 Å². The van der Waals surface area contributed by atoms with Crippen molar-refractivity contribution in [3.63, 3.8) is 0 Å². The number of amides is 1. The first-order valence-corrected chi connectivity index (χ1v) is 9.82. The van der Waals surface area contributed by atoms with Gasteiger partial charge in [0.1, 0.15) is 16.5 Å². The van der Waals surface area contributed by atoms with E-state index in [9.17, 15) is 17.6 Å². The van der Waals surface area contributed by atoms with Crippen LogP contribution in [-0.2, 0) is 10.0 Å². The van der Waals surface area contributed by atoms with E-state index in [-0.39, 0.29) is 15.6 Å². The molecule has 0 aliphatic carbocycles. The zero-order valence-corrected chi connectivity index (χ0v) is 15.3. The summed E-state index contributed by atoms with van der Waals surface area (Å²) in [6.07, 6.45) is 0. The van der Waals surface area contributed by atoms with Gasteiger partial charge in [0.05, 0.1) is 4.90 Å². The highest BCUT2D eigenvalue weighted by Crippen LogP contribution is 2.28. The number of aromatic nitrogens is 1. The normalized spacial score (nSPS) is 11.2. The number of hydrogen-bond acceptors (Lipinski definition) is 7. The maximum Gasteiger partial charge on any atom is 0.269 e. The first-order valence-electron chi connectivity index (χ1n) is 7.45. The van der Waals surface area contributed by atoms with E-state index in [1.807, 2.05) is 0 Å². The summed E-state index contributed by atoms with van der Waals surface area (Å²) in [7, 11) is -3.78.